The Bertz CT molecular complexity index is 313. The highest BCUT2D eigenvalue weighted by Gasteiger charge is 2.32. The predicted molar refractivity (Wildman–Crippen MR) is 54.7 cm³/mol. The molecular weight excluding hydrogens is 219 g/mol. The summed E-state index contributed by atoms with van der Waals surface area (Å²) in [5.41, 5.74) is 6.03. The lowest BCUT2D eigenvalue weighted by atomic mass is 10.1. The molecule has 0 saturated carbocycles. The third kappa shape index (κ3) is 3.79. The maximum absolute atomic E-state index is 12.2. The van der Waals surface area contributed by atoms with Crippen LogP contribution in [0.5, 0.6) is 0 Å². The molecule has 0 fully saturated rings. The summed E-state index contributed by atoms with van der Waals surface area (Å²) in [6.07, 6.45) is -2.68. The van der Waals surface area contributed by atoms with Crippen molar-refractivity contribution in [2.75, 3.05) is 20.1 Å². The molecule has 0 spiro atoms. The first kappa shape index (κ1) is 12.9. The van der Waals surface area contributed by atoms with Crippen molar-refractivity contribution in [3.05, 3.63) is 30.1 Å². The highest BCUT2D eigenvalue weighted by Crippen LogP contribution is 2.22. The van der Waals surface area contributed by atoms with Crippen molar-refractivity contribution in [3.8, 4) is 0 Å². The molecule has 6 heteroatoms. The standard InChI is InChI=1S/C10H14F3N3/c1-16(7-10(11,12)13)9(6-14)8-4-2-3-5-15-8/h2-5,9H,6-7,14H2,1H3. The van der Waals surface area contributed by atoms with E-state index in [1.807, 2.05) is 0 Å². The third-order valence-corrected chi connectivity index (χ3v) is 2.21. The SMILES string of the molecule is CN(CC(F)(F)F)C(CN)c1ccccn1. The van der Waals surface area contributed by atoms with Gasteiger partial charge in [-0.3, -0.25) is 9.88 Å². The molecule has 1 unspecified atom stereocenters. The third-order valence-electron chi connectivity index (χ3n) is 2.21. The summed E-state index contributed by atoms with van der Waals surface area (Å²) in [4.78, 5) is 5.17. The van der Waals surface area contributed by atoms with Gasteiger partial charge < -0.3 is 5.73 Å². The van der Waals surface area contributed by atoms with E-state index in [0.29, 0.717) is 5.69 Å². The number of hydrogen-bond donors (Lipinski definition) is 1. The van der Waals surface area contributed by atoms with Gasteiger partial charge in [0.1, 0.15) is 0 Å². The molecule has 0 aliphatic rings. The number of aromatic nitrogens is 1. The van der Waals surface area contributed by atoms with Gasteiger partial charge in [0, 0.05) is 12.7 Å². The molecule has 1 heterocycles. The molecule has 16 heavy (non-hydrogen) atoms. The summed E-state index contributed by atoms with van der Waals surface area (Å²) in [6, 6.07) is 4.60. The van der Waals surface area contributed by atoms with Crippen molar-refractivity contribution >= 4 is 0 Å². The van der Waals surface area contributed by atoms with Crippen LogP contribution in [0.2, 0.25) is 0 Å². The lowest BCUT2D eigenvalue weighted by Gasteiger charge is -2.27. The molecule has 2 N–H and O–H groups in total. The predicted octanol–water partition coefficient (Wildman–Crippen LogP) is 1.58. The number of rotatable bonds is 4. The molecule has 90 valence electrons. The largest absolute Gasteiger partial charge is 0.401 e. The molecule has 0 aliphatic heterocycles. The average Bonchev–Trinajstić information content (AvgIpc) is 2.17. The summed E-state index contributed by atoms with van der Waals surface area (Å²) in [6.45, 7) is -0.894. The zero-order valence-corrected chi connectivity index (χ0v) is 8.91. The molecule has 0 aliphatic carbocycles. The average molecular weight is 233 g/mol. The number of likely N-dealkylation sites (N-methyl/N-ethyl adjacent to an activating group) is 1. The lowest BCUT2D eigenvalue weighted by Crippen LogP contribution is -2.37. The van der Waals surface area contributed by atoms with Crippen LogP contribution in [0.1, 0.15) is 11.7 Å². The summed E-state index contributed by atoms with van der Waals surface area (Å²) in [5.74, 6) is 0. The number of hydrogen-bond acceptors (Lipinski definition) is 3. The second kappa shape index (κ2) is 5.27. The maximum Gasteiger partial charge on any atom is 0.401 e. The topological polar surface area (TPSA) is 42.1 Å². The molecule has 0 bridgehead atoms. The minimum atomic E-state index is -4.23. The highest BCUT2D eigenvalue weighted by atomic mass is 19.4. The van der Waals surface area contributed by atoms with Gasteiger partial charge in [-0.2, -0.15) is 13.2 Å². The molecule has 0 saturated heterocycles. The van der Waals surface area contributed by atoms with Crippen LogP contribution in [0.4, 0.5) is 13.2 Å². The lowest BCUT2D eigenvalue weighted by molar-refractivity contribution is -0.147. The Morgan fingerprint density at radius 3 is 2.56 bits per heavy atom. The van der Waals surface area contributed by atoms with E-state index >= 15 is 0 Å². The summed E-state index contributed by atoms with van der Waals surface area (Å²) in [7, 11) is 1.39. The fraction of sp³-hybridized carbons (Fsp3) is 0.500. The van der Waals surface area contributed by atoms with E-state index in [2.05, 4.69) is 4.98 Å². The Labute approximate surface area is 92.1 Å². The van der Waals surface area contributed by atoms with Crippen molar-refractivity contribution in [1.29, 1.82) is 0 Å². The van der Waals surface area contributed by atoms with Gasteiger partial charge in [0.25, 0.3) is 0 Å². The van der Waals surface area contributed by atoms with Crippen LogP contribution in [0.3, 0.4) is 0 Å². The van der Waals surface area contributed by atoms with Gasteiger partial charge in [-0.05, 0) is 19.2 Å². The van der Waals surface area contributed by atoms with Crippen molar-refractivity contribution in [2.45, 2.75) is 12.2 Å². The van der Waals surface area contributed by atoms with Gasteiger partial charge in [0.2, 0.25) is 0 Å². The first-order valence-corrected chi connectivity index (χ1v) is 4.82. The van der Waals surface area contributed by atoms with Crippen LogP contribution in [0, 0.1) is 0 Å². The van der Waals surface area contributed by atoms with Gasteiger partial charge in [-0.15, -0.1) is 0 Å². The molecule has 0 aromatic carbocycles. The minimum absolute atomic E-state index is 0.101. The molecule has 0 radical (unpaired) electrons. The number of nitrogens with zero attached hydrogens (tertiary/aromatic N) is 2. The summed E-state index contributed by atoms with van der Waals surface area (Å²) in [5, 5.41) is 0. The highest BCUT2D eigenvalue weighted by molar-refractivity contribution is 5.09. The van der Waals surface area contributed by atoms with E-state index in [1.165, 1.54) is 7.05 Å². The fourth-order valence-corrected chi connectivity index (χ4v) is 1.49. The fourth-order valence-electron chi connectivity index (χ4n) is 1.49. The molecular formula is C10H14F3N3. The molecule has 1 aromatic rings. The van der Waals surface area contributed by atoms with Gasteiger partial charge in [-0.1, -0.05) is 6.07 Å². The van der Waals surface area contributed by atoms with Crippen LogP contribution >= 0.6 is 0 Å². The first-order chi connectivity index (χ1) is 7.44. The normalized spacial score (nSPS) is 14.1. The Balaban J connectivity index is 2.75. The zero-order chi connectivity index (χ0) is 12.2. The Kier molecular flexibility index (Phi) is 4.26. The number of nitrogens with two attached hydrogens (primary N) is 1. The monoisotopic (exact) mass is 233 g/mol. The van der Waals surface area contributed by atoms with Crippen molar-refractivity contribution in [3.63, 3.8) is 0 Å². The quantitative estimate of drug-likeness (QED) is 0.858. The van der Waals surface area contributed by atoms with E-state index in [9.17, 15) is 13.2 Å². The van der Waals surface area contributed by atoms with Gasteiger partial charge in [0.15, 0.2) is 0 Å². The second-order valence-electron chi connectivity index (χ2n) is 3.54. The Morgan fingerprint density at radius 1 is 1.44 bits per heavy atom. The summed E-state index contributed by atoms with van der Waals surface area (Å²) < 4.78 is 36.6. The molecule has 1 rings (SSSR count). The Morgan fingerprint density at radius 2 is 2.12 bits per heavy atom. The van der Waals surface area contributed by atoms with Crippen LogP contribution in [0.25, 0.3) is 0 Å². The van der Waals surface area contributed by atoms with Gasteiger partial charge in [-0.25, -0.2) is 0 Å². The van der Waals surface area contributed by atoms with Crippen molar-refractivity contribution in [1.82, 2.24) is 9.88 Å². The molecule has 1 aromatic heterocycles. The van der Waals surface area contributed by atoms with Gasteiger partial charge >= 0.3 is 6.18 Å². The molecule has 1 atom stereocenters. The van der Waals surface area contributed by atoms with E-state index in [0.717, 1.165) is 4.90 Å². The van der Waals surface area contributed by atoms with Crippen molar-refractivity contribution < 1.29 is 13.2 Å². The zero-order valence-electron chi connectivity index (χ0n) is 8.91. The van der Waals surface area contributed by atoms with E-state index < -0.39 is 18.8 Å². The van der Waals surface area contributed by atoms with Crippen LogP contribution in [0.15, 0.2) is 24.4 Å². The number of halogens is 3. The van der Waals surface area contributed by atoms with E-state index in [4.69, 9.17) is 5.73 Å². The number of alkyl halides is 3. The molecule has 3 nitrogen and oxygen atoms in total. The number of pyridine rings is 1. The second-order valence-corrected chi connectivity index (χ2v) is 3.54. The smallest absolute Gasteiger partial charge is 0.329 e. The van der Waals surface area contributed by atoms with Crippen LogP contribution in [-0.2, 0) is 0 Å². The van der Waals surface area contributed by atoms with Gasteiger partial charge in [0.05, 0.1) is 18.3 Å². The van der Waals surface area contributed by atoms with E-state index in [-0.39, 0.29) is 6.54 Å². The minimum Gasteiger partial charge on any atom is -0.329 e. The summed E-state index contributed by atoms with van der Waals surface area (Å²) >= 11 is 0. The van der Waals surface area contributed by atoms with Crippen LogP contribution in [-0.4, -0.2) is 36.2 Å². The molecule has 0 amide bonds. The first-order valence-electron chi connectivity index (χ1n) is 4.82. The van der Waals surface area contributed by atoms with Crippen molar-refractivity contribution in [2.24, 2.45) is 5.73 Å². The maximum atomic E-state index is 12.2. The van der Waals surface area contributed by atoms with E-state index in [1.54, 1.807) is 24.4 Å². The Hall–Kier alpha value is -1.14. The van der Waals surface area contributed by atoms with Crippen LogP contribution < -0.4 is 5.73 Å².